The van der Waals surface area contributed by atoms with E-state index in [1.807, 2.05) is 11.8 Å². The first-order valence-corrected chi connectivity index (χ1v) is 9.65. The average Bonchev–Trinajstić information content (AvgIpc) is 3.27. The molecule has 0 radical (unpaired) electrons. The van der Waals surface area contributed by atoms with Crippen molar-refractivity contribution in [1.29, 1.82) is 0 Å². The predicted molar refractivity (Wildman–Crippen MR) is 94.7 cm³/mol. The number of nitrogens with zero attached hydrogens (tertiary/aromatic N) is 1. The molecule has 2 fully saturated rings. The molecule has 0 amide bonds. The highest BCUT2D eigenvalue weighted by Crippen LogP contribution is 2.48. The number of fused-ring (bicyclic) bond motifs is 3. The fraction of sp³-hybridized carbons (Fsp3) is 0.650. The number of likely N-dealkylation sites (tertiary alicyclic amines) is 1. The molecule has 5 atom stereocenters. The summed E-state index contributed by atoms with van der Waals surface area (Å²) < 4.78 is 5.76. The number of aliphatic hydroxyl groups excluding tert-OH is 1. The Morgan fingerprint density at radius 2 is 2.11 bits per heavy atom. The summed E-state index contributed by atoms with van der Waals surface area (Å²) in [6.45, 7) is 2.76. The van der Waals surface area contributed by atoms with Gasteiger partial charge in [0.2, 0.25) is 0 Å². The van der Waals surface area contributed by atoms with E-state index in [1.165, 1.54) is 6.08 Å². The molecule has 7 nitrogen and oxygen atoms in total. The molecule has 27 heavy (non-hydrogen) atoms. The van der Waals surface area contributed by atoms with Gasteiger partial charge in [-0.1, -0.05) is 5.57 Å². The summed E-state index contributed by atoms with van der Waals surface area (Å²) in [4.78, 5) is 38.5. The fourth-order valence-electron chi connectivity index (χ4n) is 5.37. The van der Waals surface area contributed by atoms with Gasteiger partial charge in [-0.2, -0.15) is 0 Å². The van der Waals surface area contributed by atoms with Crippen LogP contribution in [0.1, 0.15) is 32.6 Å². The zero-order valence-corrected chi connectivity index (χ0v) is 15.4. The number of aliphatic hydroxyl groups is 1. The summed E-state index contributed by atoms with van der Waals surface area (Å²) in [5.41, 5.74) is 2.28. The third-order valence-electron chi connectivity index (χ3n) is 6.69. The van der Waals surface area contributed by atoms with Crippen LogP contribution in [0.4, 0.5) is 0 Å². The molecule has 4 aliphatic rings. The van der Waals surface area contributed by atoms with Gasteiger partial charge in [0, 0.05) is 24.0 Å². The Morgan fingerprint density at radius 3 is 2.81 bits per heavy atom. The summed E-state index contributed by atoms with van der Waals surface area (Å²) in [5.74, 6) is -2.08. The SMILES string of the molecule is CC1=C2C(=O)C=C(CO)[C@H]2[C@H]2OC(=O)[C@@H](CN3CCC[C@@H]3C(=O)O)[C@@H]2CC1. The molecule has 0 bridgehead atoms. The monoisotopic (exact) mass is 375 g/mol. The molecule has 0 aromatic heterocycles. The zero-order valence-electron chi connectivity index (χ0n) is 15.4. The lowest BCUT2D eigenvalue weighted by molar-refractivity contribution is -0.147. The average molecular weight is 375 g/mol. The first-order chi connectivity index (χ1) is 12.9. The molecule has 146 valence electrons. The number of carboxylic acids is 1. The van der Waals surface area contributed by atoms with E-state index in [0.717, 1.165) is 18.4 Å². The number of carboxylic acid groups (broad SMARTS) is 1. The molecule has 2 saturated heterocycles. The van der Waals surface area contributed by atoms with Gasteiger partial charge in [-0.05, 0) is 50.8 Å². The number of rotatable bonds is 4. The number of aliphatic carboxylic acids is 1. The van der Waals surface area contributed by atoms with Crippen LogP contribution >= 0.6 is 0 Å². The van der Waals surface area contributed by atoms with Crippen molar-refractivity contribution in [3.63, 3.8) is 0 Å². The molecule has 2 N–H and O–H groups in total. The first kappa shape index (κ1) is 18.4. The molecule has 0 unspecified atom stereocenters. The second-order valence-electron chi connectivity index (χ2n) is 8.12. The Bertz CT molecular complexity index is 754. The molecule has 7 heteroatoms. The van der Waals surface area contributed by atoms with Crippen molar-refractivity contribution in [3.05, 3.63) is 22.8 Å². The van der Waals surface area contributed by atoms with Crippen molar-refractivity contribution < 1.29 is 29.3 Å². The summed E-state index contributed by atoms with van der Waals surface area (Å²) in [5, 5.41) is 19.1. The second kappa shape index (κ2) is 6.87. The van der Waals surface area contributed by atoms with Crippen LogP contribution < -0.4 is 0 Å². The van der Waals surface area contributed by atoms with Crippen LogP contribution in [0.25, 0.3) is 0 Å². The lowest BCUT2D eigenvalue weighted by atomic mass is 9.80. The highest BCUT2D eigenvalue weighted by Gasteiger charge is 2.53. The Balaban J connectivity index is 1.61. The van der Waals surface area contributed by atoms with Gasteiger partial charge in [0.1, 0.15) is 12.1 Å². The number of ketones is 1. The van der Waals surface area contributed by atoms with Crippen molar-refractivity contribution in [2.24, 2.45) is 17.8 Å². The van der Waals surface area contributed by atoms with E-state index in [0.29, 0.717) is 37.1 Å². The third-order valence-corrected chi connectivity index (χ3v) is 6.69. The minimum Gasteiger partial charge on any atom is -0.480 e. The van der Waals surface area contributed by atoms with Gasteiger partial charge in [-0.25, -0.2) is 0 Å². The number of ether oxygens (including phenoxy) is 1. The van der Waals surface area contributed by atoms with E-state index in [9.17, 15) is 24.6 Å². The Kier molecular flexibility index (Phi) is 4.68. The predicted octanol–water partition coefficient (Wildman–Crippen LogP) is 0.921. The molecule has 2 aliphatic carbocycles. The van der Waals surface area contributed by atoms with Crippen molar-refractivity contribution in [1.82, 2.24) is 4.90 Å². The van der Waals surface area contributed by atoms with Crippen molar-refractivity contribution in [2.45, 2.75) is 44.8 Å². The maximum atomic E-state index is 12.7. The zero-order chi connectivity index (χ0) is 19.3. The first-order valence-electron chi connectivity index (χ1n) is 9.65. The normalized spacial score (nSPS) is 36.4. The van der Waals surface area contributed by atoms with Gasteiger partial charge in [0.05, 0.1) is 12.5 Å². The van der Waals surface area contributed by atoms with Crippen molar-refractivity contribution in [2.75, 3.05) is 19.7 Å². The van der Waals surface area contributed by atoms with E-state index in [1.54, 1.807) is 0 Å². The molecular weight excluding hydrogens is 350 g/mol. The van der Waals surface area contributed by atoms with Gasteiger partial charge in [0.15, 0.2) is 5.78 Å². The van der Waals surface area contributed by atoms with Gasteiger partial charge in [-0.15, -0.1) is 0 Å². The minimum atomic E-state index is -0.844. The maximum Gasteiger partial charge on any atom is 0.320 e. The van der Waals surface area contributed by atoms with Gasteiger partial charge in [0.25, 0.3) is 0 Å². The molecule has 2 heterocycles. The Labute approximate surface area is 157 Å². The summed E-state index contributed by atoms with van der Waals surface area (Å²) in [6.07, 6.45) is 3.88. The topological polar surface area (TPSA) is 104 Å². The van der Waals surface area contributed by atoms with E-state index in [-0.39, 0.29) is 30.2 Å². The minimum absolute atomic E-state index is 0.0779. The standard InChI is InChI=1S/C20H25NO6/c1-10-4-5-12-13(8-21-6-2-3-14(21)19(24)25)20(26)27-18(12)17-11(9-22)7-15(23)16(10)17/h7,12-14,17-18,22H,2-6,8-9H2,1H3,(H,24,25)/t12-,13-,14+,17+,18-/m0/s1. The van der Waals surface area contributed by atoms with Crippen LogP contribution in [0, 0.1) is 17.8 Å². The van der Waals surface area contributed by atoms with Crippen molar-refractivity contribution in [3.8, 4) is 0 Å². The quantitative estimate of drug-likeness (QED) is 0.704. The fourth-order valence-corrected chi connectivity index (χ4v) is 5.37. The van der Waals surface area contributed by atoms with E-state index < -0.39 is 24.0 Å². The molecule has 2 aliphatic heterocycles. The van der Waals surface area contributed by atoms with E-state index in [4.69, 9.17) is 4.74 Å². The van der Waals surface area contributed by atoms with Gasteiger partial charge >= 0.3 is 11.9 Å². The van der Waals surface area contributed by atoms with Crippen LogP contribution in [0.3, 0.4) is 0 Å². The Morgan fingerprint density at radius 1 is 1.33 bits per heavy atom. The number of esters is 1. The van der Waals surface area contributed by atoms with Crippen LogP contribution in [-0.4, -0.2) is 64.7 Å². The largest absolute Gasteiger partial charge is 0.480 e. The highest BCUT2D eigenvalue weighted by atomic mass is 16.6. The molecule has 0 spiro atoms. The van der Waals surface area contributed by atoms with Crippen LogP contribution in [0.5, 0.6) is 0 Å². The van der Waals surface area contributed by atoms with E-state index in [2.05, 4.69) is 0 Å². The number of hydrogen-bond acceptors (Lipinski definition) is 6. The summed E-state index contributed by atoms with van der Waals surface area (Å²) >= 11 is 0. The molecule has 0 saturated carbocycles. The number of carbonyl (C=O) groups excluding carboxylic acids is 2. The summed E-state index contributed by atoms with van der Waals surface area (Å²) in [7, 11) is 0. The highest BCUT2D eigenvalue weighted by molar-refractivity contribution is 6.09. The maximum absolute atomic E-state index is 12.7. The van der Waals surface area contributed by atoms with Gasteiger partial charge < -0.3 is 14.9 Å². The van der Waals surface area contributed by atoms with Gasteiger partial charge in [-0.3, -0.25) is 19.3 Å². The number of carbonyl (C=O) groups is 3. The number of allylic oxidation sites excluding steroid dienone is 2. The number of hydrogen-bond donors (Lipinski definition) is 2. The smallest absolute Gasteiger partial charge is 0.320 e. The summed E-state index contributed by atoms with van der Waals surface area (Å²) in [6, 6.07) is -0.543. The van der Waals surface area contributed by atoms with Crippen LogP contribution in [0.2, 0.25) is 0 Å². The molecule has 0 aromatic carbocycles. The molecule has 0 aromatic rings. The second-order valence-corrected chi connectivity index (χ2v) is 8.12. The Hall–Kier alpha value is -1.99. The lowest BCUT2D eigenvalue weighted by Gasteiger charge is -2.28. The van der Waals surface area contributed by atoms with E-state index >= 15 is 0 Å². The van der Waals surface area contributed by atoms with Crippen molar-refractivity contribution >= 4 is 17.7 Å². The molecular formula is C20H25NO6. The van der Waals surface area contributed by atoms with Crippen LogP contribution in [0.15, 0.2) is 22.8 Å². The lowest BCUT2D eigenvalue weighted by Crippen LogP contribution is -2.42. The molecule has 4 rings (SSSR count). The van der Waals surface area contributed by atoms with Crippen LogP contribution in [-0.2, 0) is 19.1 Å². The third kappa shape index (κ3) is 2.93.